The van der Waals surface area contributed by atoms with E-state index in [-0.39, 0.29) is 12.3 Å². The Morgan fingerprint density at radius 3 is 2.35 bits per heavy atom. The fourth-order valence-electron chi connectivity index (χ4n) is 2.33. The molecule has 0 atom stereocenters. The predicted octanol–water partition coefficient (Wildman–Crippen LogP) is 2.51. The summed E-state index contributed by atoms with van der Waals surface area (Å²) in [6, 6.07) is 17.9. The lowest BCUT2D eigenvalue weighted by Gasteiger charge is -2.08. The number of hydrogen-bond acceptors (Lipinski definition) is 3. The largest absolute Gasteiger partial charge is 0.381 e. The number of nitrogens with zero attached hydrogens (tertiary/aromatic N) is 2. The van der Waals surface area contributed by atoms with Gasteiger partial charge in [-0.3, -0.25) is 4.79 Å². The number of carbonyl (C=O) groups excluding carboxylic acids is 1. The molecule has 0 fully saturated rings. The van der Waals surface area contributed by atoms with Crippen molar-refractivity contribution < 1.29 is 4.79 Å². The average Bonchev–Trinajstić information content (AvgIpc) is 3.09. The lowest BCUT2D eigenvalue weighted by atomic mass is 10.1. The Labute approximate surface area is 134 Å². The molecule has 3 N–H and O–H groups in total. The van der Waals surface area contributed by atoms with E-state index in [1.165, 1.54) is 5.56 Å². The highest BCUT2D eigenvalue weighted by molar-refractivity contribution is 5.76. The fourth-order valence-corrected chi connectivity index (χ4v) is 2.33. The third-order valence-electron chi connectivity index (χ3n) is 3.53. The Hall–Kier alpha value is -3.08. The molecule has 0 aliphatic rings. The van der Waals surface area contributed by atoms with E-state index in [2.05, 4.69) is 22.5 Å². The van der Waals surface area contributed by atoms with Gasteiger partial charge < -0.3 is 11.1 Å². The summed E-state index contributed by atoms with van der Waals surface area (Å²) in [6.45, 7) is 0.731. The number of hydrogen-bond donors (Lipinski definition) is 2. The number of rotatable bonds is 6. The number of carbonyl (C=O) groups is 1. The van der Waals surface area contributed by atoms with Gasteiger partial charge in [-0.05, 0) is 41.5 Å². The summed E-state index contributed by atoms with van der Waals surface area (Å²) < 4.78 is 1.83. The van der Waals surface area contributed by atoms with E-state index in [1.807, 2.05) is 53.3 Å². The number of nitrogens with two attached hydrogens (primary N) is 1. The van der Waals surface area contributed by atoms with Crippen molar-refractivity contribution in [3.63, 3.8) is 0 Å². The summed E-state index contributed by atoms with van der Waals surface area (Å²) in [4.78, 5) is 10.9. The smallest absolute Gasteiger partial charge is 0.221 e. The Morgan fingerprint density at radius 2 is 1.74 bits per heavy atom. The molecule has 0 aliphatic heterocycles. The van der Waals surface area contributed by atoms with Crippen LogP contribution in [0, 0.1) is 0 Å². The molecule has 0 spiro atoms. The predicted molar refractivity (Wildman–Crippen MR) is 90.2 cm³/mol. The van der Waals surface area contributed by atoms with Crippen LogP contribution in [-0.4, -0.2) is 15.7 Å². The van der Waals surface area contributed by atoms with Crippen LogP contribution in [-0.2, 0) is 17.8 Å². The summed E-state index contributed by atoms with van der Waals surface area (Å²) in [5.74, 6) is -0.317. The van der Waals surface area contributed by atoms with Gasteiger partial charge >= 0.3 is 0 Å². The van der Waals surface area contributed by atoms with Crippen molar-refractivity contribution >= 4 is 11.6 Å². The van der Waals surface area contributed by atoms with Crippen LogP contribution in [0.5, 0.6) is 0 Å². The molecule has 5 nitrogen and oxygen atoms in total. The van der Waals surface area contributed by atoms with E-state index in [0.29, 0.717) is 0 Å². The second-order valence-electron chi connectivity index (χ2n) is 5.31. The highest BCUT2D eigenvalue weighted by Gasteiger charge is 2.00. The van der Waals surface area contributed by atoms with E-state index in [1.54, 1.807) is 6.20 Å². The molecule has 1 aromatic heterocycles. The van der Waals surface area contributed by atoms with Crippen LogP contribution in [0.3, 0.4) is 0 Å². The number of primary amides is 1. The molecule has 3 aromatic rings. The van der Waals surface area contributed by atoms with Crippen molar-refractivity contribution in [3.8, 4) is 5.69 Å². The number of nitrogens with one attached hydrogen (secondary N) is 1. The van der Waals surface area contributed by atoms with Crippen LogP contribution in [0.15, 0.2) is 67.0 Å². The van der Waals surface area contributed by atoms with Gasteiger partial charge in [-0.15, -0.1) is 0 Å². The van der Waals surface area contributed by atoms with E-state index in [9.17, 15) is 4.79 Å². The molecule has 2 aromatic carbocycles. The molecule has 0 saturated heterocycles. The van der Waals surface area contributed by atoms with E-state index in [0.717, 1.165) is 23.5 Å². The number of aromatic nitrogens is 2. The minimum absolute atomic E-state index is 0.273. The minimum atomic E-state index is -0.317. The Bertz CT molecular complexity index is 762. The van der Waals surface area contributed by atoms with Crippen molar-refractivity contribution in [1.29, 1.82) is 0 Å². The second-order valence-corrected chi connectivity index (χ2v) is 5.31. The molecular formula is C18H18N4O. The van der Waals surface area contributed by atoms with Gasteiger partial charge in [-0.1, -0.05) is 24.3 Å². The number of amides is 1. The summed E-state index contributed by atoms with van der Waals surface area (Å²) in [6.07, 6.45) is 3.95. The third-order valence-corrected chi connectivity index (χ3v) is 3.53. The van der Waals surface area contributed by atoms with E-state index in [4.69, 9.17) is 5.73 Å². The van der Waals surface area contributed by atoms with Gasteiger partial charge in [0.15, 0.2) is 0 Å². The normalized spacial score (nSPS) is 10.4. The number of anilines is 1. The van der Waals surface area contributed by atoms with E-state index >= 15 is 0 Å². The van der Waals surface area contributed by atoms with Crippen LogP contribution in [0.1, 0.15) is 11.1 Å². The molecule has 116 valence electrons. The minimum Gasteiger partial charge on any atom is -0.381 e. The summed E-state index contributed by atoms with van der Waals surface area (Å²) in [5, 5.41) is 7.56. The highest BCUT2D eigenvalue weighted by atomic mass is 16.1. The molecule has 1 amide bonds. The molecule has 0 saturated carbocycles. The SMILES string of the molecule is NC(=O)Cc1ccc(NCc2ccc(-n3cccn3)cc2)cc1. The van der Waals surface area contributed by atoms with Crippen LogP contribution in [0.25, 0.3) is 5.69 Å². The molecule has 0 radical (unpaired) electrons. The fraction of sp³-hybridized carbons (Fsp3) is 0.111. The average molecular weight is 306 g/mol. The first kappa shape index (κ1) is 14.8. The third kappa shape index (κ3) is 3.97. The molecular weight excluding hydrogens is 288 g/mol. The van der Waals surface area contributed by atoms with Crippen LogP contribution in [0.4, 0.5) is 5.69 Å². The first-order valence-corrected chi connectivity index (χ1v) is 7.41. The molecule has 1 heterocycles. The first-order chi connectivity index (χ1) is 11.2. The maximum atomic E-state index is 10.9. The van der Waals surface area contributed by atoms with Crippen molar-refractivity contribution in [3.05, 3.63) is 78.1 Å². The quantitative estimate of drug-likeness (QED) is 0.735. The Kier molecular flexibility index (Phi) is 4.38. The zero-order valence-electron chi connectivity index (χ0n) is 12.6. The van der Waals surface area contributed by atoms with Gasteiger partial charge in [-0.2, -0.15) is 5.10 Å². The van der Waals surface area contributed by atoms with Gasteiger partial charge in [0.1, 0.15) is 0 Å². The molecule has 0 aliphatic carbocycles. The standard InChI is InChI=1S/C18H18N4O/c19-18(23)12-14-2-6-16(7-3-14)20-13-15-4-8-17(9-5-15)22-11-1-10-21-22/h1-11,20H,12-13H2,(H2,19,23). The summed E-state index contributed by atoms with van der Waals surface area (Å²) >= 11 is 0. The van der Waals surface area contributed by atoms with Gasteiger partial charge in [0.25, 0.3) is 0 Å². The van der Waals surface area contributed by atoms with Crippen molar-refractivity contribution in [2.24, 2.45) is 5.73 Å². The van der Waals surface area contributed by atoms with Crippen molar-refractivity contribution in [2.45, 2.75) is 13.0 Å². The number of benzene rings is 2. The molecule has 23 heavy (non-hydrogen) atoms. The van der Waals surface area contributed by atoms with E-state index < -0.39 is 0 Å². The molecule has 0 unspecified atom stereocenters. The highest BCUT2D eigenvalue weighted by Crippen LogP contribution is 2.13. The monoisotopic (exact) mass is 306 g/mol. The van der Waals surface area contributed by atoms with Gasteiger partial charge in [0, 0.05) is 24.6 Å². The maximum absolute atomic E-state index is 10.9. The van der Waals surface area contributed by atoms with Crippen LogP contribution in [0.2, 0.25) is 0 Å². The molecule has 0 bridgehead atoms. The Morgan fingerprint density at radius 1 is 1.04 bits per heavy atom. The summed E-state index contributed by atoms with van der Waals surface area (Å²) in [7, 11) is 0. The lowest BCUT2D eigenvalue weighted by Crippen LogP contribution is -2.13. The van der Waals surface area contributed by atoms with Gasteiger partial charge in [0.05, 0.1) is 12.1 Å². The van der Waals surface area contributed by atoms with Crippen LogP contribution < -0.4 is 11.1 Å². The lowest BCUT2D eigenvalue weighted by molar-refractivity contribution is -0.117. The van der Waals surface area contributed by atoms with Crippen molar-refractivity contribution in [2.75, 3.05) is 5.32 Å². The van der Waals surface area contributed by atoms with Gasteiger partial charge in [-0.25, -0.2) is 4.68 Å². The summed E-state index contributed by atoms with van der Waals surface area (Å²) in [5.41, 5.74) is 9.33. The van der Waals surface area contributed by atoms with Crippen LogP contribution >= 0.6 is 0 Å². The topological polar surface area (TPSA) is 72.9 Å². The second kappa shape index (κ2) is 6.79. The zero-order valence-corrected chi connectivity index (χ0v) is 12.6. The molecule has 3 rings (SSSR count). The van der Waals surface area contributed by atoms with Crippen molar-refractivity contribution in [1.82, 2.24) is 9.78 Å². The zero-order chi connectivity index (χ0) is 16.1. The van der Waals surface area contributed by atoms with Gasteiger partial charge in [0.2, 0.25) is 5.91 Å². The maximum Gasteiger partial charge on any atom is 0.221 e. The first-order valence-electron chi connectivity index (χ1n) is 7.41. The molecule has 5 heteroatoms. The Balaban J connectivity index is 1.58.